The van der Waals surface area contributed by atoms with E-state index >= 15 is 0 Å². The van der Waals surface area contributed by atoms with Gasteiger partial charge in [-0.25, -0.2) is 0 Å². The molecule has 0 aliphatic heterocycles. The topological polar surface area (TPSA) is 41.8 Å². The minimum Gasteiger partial charge on any atom is -0.355 e. The molecule has 1 saturated carbocycles. The van der Waals surface area contributed by atoms with Gasteiger partial charge in [-0.3, -0.25) is 0 Å². The molecule has 1 aliphatic rings. The van der Waals surface area contributed by atoms with Crippen molar-refractivity contribution in [3.8, 4) is 0 Å². The van der Waals surface area contributed by atoms with Crippen LogP contribution in [-0.4, -0.2) is 11.0 Å². The molecular formula is C21H28N2. The van der Waals surface area contributed by atoms with Gasteiger partial charge in [0, 0.05) is 22.3 Å². The van der Waals surface area contributed by atoms with E-state index in [2.05, 4.69) is 48.5 Å². The first-order valence-electron chi connectivity index (χ1n) is 8.34. The van der Waals surface area contributed by atoms with Gasteiger partial charge in [0.15, 0.2) is 0 Å². The Labute approximate surface area is 139 Å². The van der Waals surface area contributed by atoms with Crippen LogP contribution in [-0.2, 0) is 6.42 Å². The zero-order chi connectivity index (χ0) is 16.8. The first-order valence-corrected chi connectivity index (χ1v) is 8.34. The highest BCUT2D eigenvalue weighted by Crippen LogP contribution is 2.30. The summed E-state index contributed by atoms with van der Waals surface area (Å²) in [6.45, 7) is 12.1. The van der Waals surface area contributed by atoms with Gasteiger partial charge in [0.05, 0.1) is 0 Å². The zero-order valence-corrected chi connectivity index (χ0v) is 14.3. The molecule has 2 heteroatoms. The Morgan fingerprint density at radius 1 is 1.30 bits per heavy atom. The van der Waals surface area contributed by atoms with E-state index in [0.717, 1.165) is 24.6 Å². The molecule has 0 bridgehead atoms. The summed E-state index contributed by atoms with van der Waals surface area (Å²) in [5.74, 6) is 0.671. The minimum atomic E-state index is 0.377. The molecule has 0 spiro atoms. The van der Waals surface area contributed by atoms with Crippen LogP contribution in [0.4, 0.5) is 0 Å². The molecule has 1 fully saturated rings. The molecule has 0 unspecified atom stereocenters. The second-order valence-electron chi connectivity index (χ2n) is 6.22. The second kappa shape index (κ2) is 7.98. The quantitative estimate of drug-likeness (QED) is 0.779. The molecule has 1 aromatic rings. The van der Waals surface area contributed by atoms with Crippen molar-refractivity contribution in [3.63, 3.8) is 0 Å². The van der Waals surface area contributed by atoms with Crippen LogP contribution in [0.5, 0.6) is 0 Å². The van der Waals surface area contributed by atoms with Gasteiger partial charge >= 0.3 is 0 Å². The monoisotopic (exact) mass is 308 g/mol. The molecule has 0 atom stereocenters. The lowest BCUT2D eigenvalue weighted by Crippen LogP contribution is -2.38. The van der Waals surface area contributed by atoms with Gasteiger partial charge < -0.3 is 10.7 Å². The normalized spacial score (nSPS) is 22.9. The van der Waals surface area contributed by atoms with Gasteiger partial charge in [-0.1, -0.05) is 55.7 Å². The van der Waals surface area contributed by atoms with E-state index in [0.29, 0.717) is 12.0 Å². The zero-order valence-electron chi connectivity index (χ0n) is 14.3. The SMILES string of the molecule is C=C/C=c1/c(CC2CC(N)C2)c(C(/C=C\C)=C/C=C\C)[nH]c1=C. The van der Waals surface area contributed by atoms with Gasteiger partial charge in [0.1, 0.15) is 0 Å². The summed E-state index contributed by atoms with van der Waals surface area (Å²) in [6.07, 6.45) is 17.6. The predicted molar refractivity (Wildman–Crippen MR) is 102 cm³/mol. The molecule has 0 saturated heterocycles. The third kappa shape index (κ3) is 4.02. The van der Waals surface area contributed by atoms with Gasteiger partial charge in [0.2, 0.25) is 0 Å². The lowest BCUT2D eigenvalue weighted by Gasteiger charge is -2.32. The molecule has 2 rings (SSSR count). The third-order valence-corrected chi connectivity index (χ3v) is 4.38. The lowest BCUT2D eigenvalue weighted by atomic mass is 9.76. The molecular weight excluding hydrogens is 280 g/mol. The fourth-order valence-corrected chi connectivity index (χ4v) is 3.23. The molecule has 1 aliphatic carbocycles. The summed E-state index contributed by atoms with van der Waals surface area (Å²) in [6, 6.07) is 0.377. The second-order valence-corrected chi connectivity index (χ2v) is 6.22. The average Bonchev–Trinajstić information content (AvgIpc) is 2.79. The van der Waals surface area contributed by atoms with E-state index in [-0.39, 0.29) is 0 Å². The van der Waals surface area contributed by atoms with Gasteiger partial charge in [-0.2, -0.15) is 0 Å². The molecule has 1 heterocycles. The van der Waals surface area contributed by atoms with Gasteiger partial charge in [-0.05, 0) is 50.2 Å². The van der Waals surface area contributed by atoms with Crippen LogP contribution in [0.15, 0.2) is 43.0 Å². The molecule has 23 heavy (non-hydrogen) atoms. The van der Waals surface area contributed by atoms with Crippen LogP contribution >= 0.6 is 0 Å². The maximum Gasteiger partial charge on any atom is 0.0497 e. The molecule has 0 aromatic carbocycles. The van der Waals surface area contributed by atoms with Crippen LogP contribution < -0.4 is 16.3 Å². The van der Waals surface area contributed by atoms with Crippen molar-refractivity contribution >= 4 is 18.2 Å². The van der Waals surface area contributed by atoms with Crippen molar-refractivity contribution in [1.29, 1.82) is 0 Å². The van der Waals surface area contributed by atoms with E-state index in [1.54, 1.807) is 0 Å². The Balaban J connectivity index is 2.53. The lowest BCUT2D eigenvalue weighted by molar-refractivity contribution is 0.264. The Bertz CT molecular complexity index is 738. The third-order valence-electron chi connectivity index (χ3n) is 4.38. The number of nitrogens with two attached hydrogens (primary N) is 1. The highest BCUT2D eigenvalue weighted by molar-refractivity contribution is 5.75. The maximum atomic E-state index is 5.96. The van der Waals surface area contributed by atoms with Crippen LogP contribution in [0.25, 0.3) is 18.2 Å². The highest BCUT2D eigenvalue weighted by Gasteiger charge is 2.27. The standard InChI is InChI=1S/C21H28N2/c1-5-8-11-17(9-6-2)21-20(14-16-12-18(22)13-16)19(10-7-3)15(4)23-21/h5-11,16,18,23H,3-4,12-14,22H2,1-2H3/b8-5-,9-6-,17-11+,19-10+. The molecule has 0 amide bonds. The number of aromatic amines is 1. The summed E-state index contributed by atoms with van der Waals surface area (Å²) in [5.41, 5.74) is 9.64. The molecule has 122 valence electrons. The molecule has 2 nitrogen and oxygen atoms in total. The molecule has 0 radical (unpaired) electrons. The van der Waals surface area contributed by atoms with Crippen LogP contribution in [0, 0.1) is 5.92 Å². The van der Waals surface area contributed by atoms with Crippen molar-refractivity contribution < 1.29 is 0 Å². The summed E-state index contributed by atoms with van der Waals surface area (Å²) >= 11 is 0. The van der Waals surface area contributed by atoms with Crippen molar-refractivity contribution in [3.05, 3.63) is 64.9 Å². The first-order chi connectivity index (χ1) is 11.1. The average molecular weight is 308 g/mol. The first kappa shape index (κ1) is 17.3. The Kier molecular flexibility index (Phi) is 6.00. The summed E-state index contributed by atoms with van der Waals surface area (Å²) in [7, 11) is 0. The minimum absolute atomic E-state index is 0.377. The number of H-pyrrole nitrogens is 1. The van der Waals surface area contributed by atoms with Crippen molar-refractivity contribution in [2.45, 2.75) is 39.2 Å². The summed E-state index contributed by atoms with van der Waals surface area (Å²) < 4.78 is 0. The Morgan fingerprint density at radius 3 is 2.61 bits per heavy atom. The van der Waals surface area contributed by atoms with Crippen molar-refractivity contribution in [1.82, 2.24) is 4.98 Å². The van der Waals surface area contributed by atoms with E-state index in [4.69, 9.17) is 5.73 Å². The Morgan fingerprint density at radius 2 is 2.04 bits per heavy atom. The Hall–Kier alpha value is -2.06. The molecule has 3 N–H and O–H groups in total. The van der Waals surface area contributed by atoms with E-state index in [1.165, 1.54) is 22.0 Å². The number of hydrogen-bond donors (Lipinski definition) is 2. The van der Waals surface area contributed by atoms with Crippen LogP contribution in [0.2, 0.25) is 0 Å². The maximum absolute atomic E-state index is 5.96. The molecule has 1 aromatic heterocycles. The summed E-state index contributed by atoms with van der Waals surface area (Å²) in [5, 5.41) is 2.13. The van der Waals surface area contributed by atoms with Gasteiger partial charge in [0.25, 0.3) is 0 Å². The number of aromatic nitrogens is 1. The summed E-state index contributed by atoms with van der Waals surface area (Å²) in [4.78, 5) is 3.48. The number of rotatable bonds is 6. The number of hydrogen-bond acceptors (Lipinski definition) is 1. The van der Waals surface area contributed by atoms with Crippen molar-refractivity contribution in [2.75, 3.05) is 0 Å². The van der Waals surface area contributed by atoms with Crippen LogP contribution in [0.3, 0.4) is 0 Å². The smallest absolute Gasteiger partial charge is 0.0497 e. The van der Waals surface area contributed by atoms with Gasteiger partial charge in [-0.15, -0.1) is 0 Å². The van der Waals surface area contributed by atoms with Crippen molar-refractivity contribution in [2.24, 2.45) is 11.7 Å². The van der Waals surface area contributed by atoms with Crippen LogP contribution in [0.1, 0.15) is 37.9 Å². The number of nitrogens with one attached hydrogen (secondary N) is 1. The largest absolute Gasteiger partial charge is 0.355 e. The number of allylic oxidation sites excluding steroid dienone is 7. The van der Waals surface area contributed by atoms with E-state index in [1.807, 2.05) is 26.0 Å². The van der Waals surface area contributed by atoms with E-state index < -0.39 is 0 Å². The highest BCUT2D eigenvalue weighted by atomic mass is 14.7. The fraction of sp³-hybridized carbons (Fsp3) is 0.333. The van der Waals surface area contributed by atoms with E-state index in [9.17, 15) is 0 Å². The predicted octanol–water partition coefficient (Wildman–Crippen LogP) is 3.21. The fourth-order valence-electron chi connectivity index (χ4n) is 3.23.